The van der Waals surface area contributed by atoms with Gasteiger partial charge in [-0.05, 0) is 24.5 Å². The fourth-order valence-electron chi connectivity index (χ4n) is 3.36. The Morgan fingerprint density at radius 1 is 1.17 bits per heavy atom. The Morgan fingerprint density at radius 2 is 1.83 bits per heavy atom. The summed E-state index contributed by atoms with van der Waals surface area (Å²) in [7, 11) is 0. The van der Waals surface area contributed by atoms with Crippen molar-refractivity contribution >= 4 is 5.91 Å². The number of alkyl halides is 3. The molecular formula is C17H21F3N2O2. The molecule has 1 heterocycles. The molecule has 0 spiro atoms. The van der Waals surface area contributed by atoms with Crippen molar-refractivity contribution in [3.63, 3.8) is 0 Å². The van der Waals surface area contributed by atoms with Crippen molar-refractivity contribution < 1.29 is 23.1 Å². The van der Waals surface area contributed by atoms with Gasteiger partial charge in [-0.2, -0.15) is 13.2 Å². The highest BCUT2D eigenvalue weighted by molar-refractivity contribution is 5.91. The standard InChI is InChI=1S/C17H21F3N2O2/c18-17(19,20)14-3-1-2-13(12-14)16(4-5-16)15(24)22-8-6-21(7-9-22)10-11-23/h1-3,12,23H,4-11H2. The summed E-state index contributed by atoms with van der Waals surface area (Å²) in [6.07, 6.45) is -3.20. The summed E-state index contributed by atoms with van der Waals surface area (Å²) < 4.78 is 38.8. The van der Waals surface area contributed by atoms with E-state index in [1.807, 2.05) is 0 Å². The van der Waals surface area contributed by atoms with Crippen molar-refractivity contribution in [1.82, 2.24) is 9.80 Å². The first-order valence-corrected chi connectivity index (χ1v) is 8.17. The molecule has 4 nitrogen and oxygen atoms in total. The van der Waals surface area contributed by atoms with E-state index in [0.29, 0.717) is 51.1 Å². The van der Waals surface area contributed by atoms with Gasteiger partial charge in [0.1, 0.15) is 0 Å². The molecule has 24 heavy (non-hydrogen) atoms. The smallest absolute Gasteiger partial charge is 0.395 e. The third-order valence-corrected chi connectivity index (χ3v) is 4.98. The van der Waals surface area contributed by atoms with E-state index in [9.17, 15) is 18.0 Å². The lowest BCUT2D eigenvalue weighted by atomic mass is 9.92. The number of rotatable bonds is 4. The maximum Gasteiger partial charge on any atom is 0.416 e. The number of aliphatic hydroxyl groups is 1. The van der Waals surface area contributed by atoms with Crippen LogP contribution in [0.2, 0.25) is 0 Å². The number of carbonyl (C=O) groups excluding carboxylic acids is 1. The van der Waals surface area contributed by atoms with Gasteiger partial charge in [0.15, 0.2) is 0 Å². The zero-order valence-corrected chi connectivity index (χ0v) is 13.4. The Morgan fingerprint density at radius 3 is 2.38 bits per heavy atom. The molecule has 1 aromatic carbocycles. The van der Waals surface area contributed by atoms with Crippen LogP contribution in [0.25, 0.3) is 0 Å². The Labute approximate surface area is 138 Å². The first-order chi connectivity index (χ1) is 11.4. The quantitative estimate of drug-likeness (QED) is 0.909. The van der Waals surface area contributed by atoms with Crippen LogP contribution in [0.4, 0.5) is 13.2 Å². The predicted molar refractivity (Wildman–Crippen MR) is 82.5 cm³/mol. The fourth-order valence-corrected chi connectivity index (χ4v) is 3.36. The van der Waals surface area contributed by atoms with Crippen LogP contribution >= 0.6 is 0 Å². The highest BCUT2D eigenvalue weighted by Crippen LogP contribution is 2.50. The van der Waals surface area contributed by atoms with Gasteiger partial charge in [-0.3, -0.25) is 9.69 Å². The molecule has 0 radical (unpaired) electrons. The largest absolute Gasteiger partial charge is 0.416 e. The second-order valence-electron chi connectivity index (χ2n) is 6.52. The highest BCUT2D eigenvalue weighted by atomic mass is 19.4. The summed E-state index contributed by atoms with van der Waals surface area (Å²) in [5, 5.41) is 8.96. The lowest BCUT2D eigenvalue weighted by molar-refractivity contribution is -0.138. The molecule has 0 atom stereocenters. The molecule has 1 aromatic rings. The van der Waals surface area contributed by atoms with E-state index in [-0.39, 0.29) is 12.5 Å². The van der Waals surface area contributed by atoms with Gasteiger partial charge < -0.3 is 10.0 Å². The van der Waals surface area contributed by atoms with Gasteiger partial charge in [0.25, 0.3) is 0 Å². The van der Waals surface area contributed by atoms with Crippen molar-refractivity contribution in [1.29, 1.82) is 0 Å². The van der Waals surface area contributed by atoms with Gasteiger partial charge in [0.05, 0.1) is 17.6 Å². The average Bonchev–Trinajstić information content (AvgIpc) is 3.36. The molecule has 1 aliphatic heterocycles. The van der Waals surface area contributed by atoms with Crippen LogP contribution < -0.4 is 0 Å². The normalized spacial score (nSPS) is 20.9. The third-order valence-electron chi connectivity index (χ3n) is 4.98. The van der Waals surface area contributed by atoms with E-state index in [4.69, 9.17) is 5.11 Å². The van der Waals surface area contributed by atoms with Crippen molar-refractivity contribution in [2.75, 3.05) is 39.3 Å². The first-order valence-electron chi connectivity index (χ1n) is 8.17. The first kappa shape index (κ1) is 17.2. The monoisotopic (exact) mass is 342 g/mol. The minimum atomic E-state index is -4.40. The number of β-amino-alcohol motifs (C(OH)–C–C–N with tert-alkyl or cyclic N) is 1. The van der Waals surface area contributed by atoms with Crippen LogP contribution in [0, 0.1) is 0 Å². The number of aliphatic hydroxyl groups excluding tert-OH is 1. The number of amides is 1. The number of benzene rings is 1. The maximum absolute atomic E-state index is 12.9. The van der Waals surface area contributed by atoms with Gasteiger partial charge in [-0.25, -0.2) is 0 Å². The Kier molecular flexibility index (Phi) is 4.57. The molecule has 2 fully saturated rings. The van der Waals surface area contributed by atoms with E-state index in [1.165, 1.54) is 6.07 Å². The molecule has 0 aromatic heterocycles. The number of carbonyl (C=O) groups is 1. The average molecular weight is 342 g/mol. The molecule has 0 bridgehead atoms. The topological polar surface area (TPSA) is 43.8 Å². The number of nitrogens with zero attached hydrogens (tertiary/aromatic N) is 2. The minimum absolute atomic E-state index is 0.0644. The fraction of sp³-hybridized carbons (Fsp3) is 0.588. The lowest BCUT2D eigenvalue weighted by Crippen LogP contribution is -2.52. The lowest BCUT2D eigenvalue weighted by Gasteiger charge is -2.36. The summed E-state index contributed by atoms with van der Waals surface area (Å²) in [5.41, 5.74) is -1.01. The van der Waals surface area contributed by atoms with Gasteiger partial charge in [-0.15, -0.1) is 0 Å². The second kappa shape index (κ2) is 6.37. The Hall–Kier alpha value is -1.60. The van der Waals surface area contributed by atoms with Gasteiger partial charge in [-0.1, -0.05) is 18.2 Å². The van der Waals surface area contributed by atoms with Crippen molar-refractivity contribution in [2.45, 2.75) is 24.4 Å². The van der Waals surface area contributed by atoms with Gasteiger partial charge >= 0.3 is 6.18 Å². The third kappa shape index (κ3) is 3.28. The van der Waals surface area contributed by atoms with Gasteiger partial charge in [0.2, 0.25) is 5.91 Å². The van der Waals surface area contributed by atoms with E-state index in [0.717, 1.165) is 12.1 Å². The molecular weight excluding hydrogens is 321 g/mol. The molecule has 1 amide bonds. The van der Waals surface area contributed by atoms with Crippen LogP contribution in [-0.2, 0) is 16.4 Å². The SMILES string of the molecule is O=C(N1CCN(CCO)CC1)C1(c2cccc(C(F)(F)F)c2)CC1. The molecule has 1 saturated heterocycles. The van der Waals surface area contributed by atoms with E-state index < -0.39 is 17.2 Å². The molecule has 2 aliphatic rings. The van der Waals surface area contributed by atoms with Crippen LogP contribution in [0.1, 0.15) is 24.0 Å². The van der Waals surface area contributed by atoms with Crippen LogP contribution in [0.3, 0.4) is 0 Å². The molecule has 7 heteroatoms. The summed E-state index contributed by atoms with van der Waals surface area (Å²) in [5.74, 6) is -0.0644. The second-order valence-corrected chi connectivity index (χ2v) is 6.52. The maximum atomic E-state index is 12.9. The zero-order valence-electron chi connectivity index (χ0n) is 13.4. The van der Waals surface area contributed by atoms with Gasteiger partial charge in [0, 0.05) is 32.7 Å². The number of halogens is 3. The number of piperazine rings is 1. The molecule has 1 aliphatic carbocycles. The zero-order chi connectivity index (χ0) is 17.4. The summed E-state index contributed by atoms with van der Waals surface area (Å²) in [6, 6.07) is 5.16. The van der Waals surface area contributed by atoms with E-state index in [2.05, 4.69) is 4.90 Å². The Bertz CT molecular complexity index is 606. The van der Waals surface area contributed by atoms with Crippen molar-refractivity contribution in [2.24, 2.45) is 0 Å². The van der Waals surface area contributed by atoms with Crippen molar-refractivity contribution in [3.05, 3.63) is 35.4 Å². The summed E-state index contributed by atoms with van der Waals surface area (Å²) in [6.45, 7) is 3.15. The van der Waals surface area contributed by atoms with Crippen LogP contribution in [0.15, 0.2) is 24.3 Å². The highest BCUT2D eigenvalue weighted by Gasteiger charge is 2.53. The molecule has 1 N–H and O–H groups in total. The summed E-state index contributed by atoms with van der Waals surface area (Å²) in [4.78, 5) is 16.7. The van der Waals surface area contributed by atoms with E-state index in [1.54, 1.807) is 11.0 Å². The minimum Gasteiger partial charge on any atom is -0.395 e. The molecule has 3 rings (SSSR count). The molecule has 0 unspecified atom stereocenters. The van der Waals surface area contributed by atoms with Crippen LogP contribution in [0.5, 0.6) is 0 Å². The predicted octanol–water partition coefficient (Wildman–Crippen LogP) is 1.87. The summed E-state index contributed by atoms with van der Waals surface area (Å²) >= 11 is 0. The van der Waals surface area contributed by atoms with Crippen molar-refractivity contribution in [3.8, 4) is 0 Å². The number of hydrogen-bond acceptors (Lipinski definition) is 3. The number of hydrogen-bond donors (Lipinski definition) is 1. The molecule has 132 valence electrons. The Balaban J connectivity index is 1.74. The van der Waals surface area contributed by atoms with Crippen LogP contribution in [-0.4, -0.2) is 60.1 Å². The molecule has 1 saturated carbocycles. The van der Waals surface area contributed by atoms with E-state index >= 15 is 0 Å².